The molecule has 0 bridgehead atoms. The zero-order valence-electron chi connectivity index (χ0n) is 22.3. The lowest BCUT2D eigenvalue weighted by Gasteiger charge is -2.21. The second-order valence-electron chi connectivity index (χ2n) is 10.9. The first-order valence-electron chi connectivity index (χ1n) is 14.1. The number of hydrogen-bond acceptors (Lipinski definition) is 1. The predicted octanol–water partition coefficient (Wildman–Crippen LogP) is 9.50. The Morgan fingerprint density at radius 2 is 1.24 bits per heavy atom. The molecule has 0 spiro atoms. The van der Waals surface area contributed by atoms with Gasteiger partial charge in [0.1, 0.15) is 5.82 Å². The Morgan fingerprint density at radius 1 is 0.512 bits per heavy atom. The lowest BCUT2D eigenvalue weighted by molar-refractivity contribution is 0.827. The van der Waals surface area contributed by atoms with Gasteiger partial charge in [-0.2, -0.15) is 0 Å². The molecule has 1 aliphatic rings. The number of hydrogen-bond donors (Lipinski definition) is 0. The van der Waals surface area contributed by atoms with Crippen molar-refractivity contribution in [2.75, 3.05) is 0 Å². The third kappa shape index (κ3) is 3.30. The molecule has 0 N–H and O–H groups in total. The molecule has 0 saturated heterocycles. The third-order valence-corrected chi connectivity index (χ3v) is 8.53. The molecule has 192 valence electrons. The number of nitrogens with zero attached hydrogens (tertiary/aromatic N) is 3. The van der Waals surface area contributed by atoms with Crippen LogP contribution in [0.5, 0.6) is 0 Å². The summed E-state index contributed by atoms with van der Waals surface area (Å²) in [5, 5.41) is 2.52. The van der Waals surface area contributed by atoms with Gasteiger partial charge in [-0.1, -0.05) is 97.1 Å². The monoisotopic (exact) mass is 523 g/mol. The fraction of sp³-hybridized carbons (Fsp3) is 0.0263. The van der Waals surface area contributed by atoms with Gasteiger partial charge in [-0.25, -0.2) is 4.98 Å². The van der Waals surface area contributed by atoms with Gasteiger partial charge in [0.25, 0.3) is 0 Å². The van der Waals surface area contributed by atoms with E-state index in [2.05, 4.69) is 149 Å². The summed E-state index contributed by atoms with van der Waals surface area (Å²) in [5.74, 6) is 1.02. The highest BCUT2D eigenvalue weighted by atomic mass is 15.1. The van der Waals surface area contributed by atoms with Crippen LogP contribution >= 0.6 is 0 Å². The van der Waals surface area contributed by atoms with E-state index >= 15 is 0 Å². The van der Waals surface area contributed by atoms with E-state index in [1.165, 1.54) is 60.8 Å². The van der Waals surface area contributed by atoms with E-state index in [0.29, 0.717) is 0 Å². The SMILES string of the molecule is c1ccc(-c2nc3cc(-c4ccc5c(c4)c4ccccc4n5-c4ccccc4)cc4c3n2Cc2ccccc2-4)cc1. The van der Waals surface area contributed by atoms with E-state index in [4.69, 9.17) is 4.98 Å². The zero-order valence-corrected chi connectivity index (χ0v) is 22.3. The van der Waals surface area contributed by atoms with E-state index < -0.39 is 0 Å². The molecule has 0 radical (unpaired) electrons. The molecule has 2 aromatic heterocycles. The lowest BCUT2D eigenvalue weighted by Crippen LogP contribution is -2.08. The van der Waals surface area contributed by atoms with Crippen molar-refractivity contribution in [3.05, 3.63) is 145 Å². The van der Waals surface area contributed by atoms with Crippen LogP contribution in [0.2, 0.25) is 0 Å². The summed E-state index contributed by atoms with van der Waals surface area (Å²) >= 11 is 0. The molecule has 3 heteroatoms. The van der Waals surface area contributed by atoms with Crippen molar-refractivity contribution < 1.29 is 0 Å². The van der Waals surface area contributed by atoms with E-state index in [9.17, 15) is 0 Å². The van der Waals surface area contributed by atoms with Crippen molar-refractivity contribution in [3.8, 4) is 39.3 Å². The minimum absolute atomic E-state index is 0.828. The second-order valence-corrected chi connectivity index (χ2v) is 10.9. The molecule has 0 saturated carbocycles. The van der Waals surface area contributed by atoms with Crippen molar-refractivity contribution in [1.82, 2.24) is 14.1 Å². The van der Waals surface area contributed by atoms with Crippen LogP contribution in [0.3, 0.4) is 0 Å². The van der Waals surface area contributed by atoms with Crippen molar-refractivity contribution >= 4 is 32.8 Å². The van der Waals surface area contributed by atoms with Crippen molar-refractivity contribution in [2.45, 2.75) is 6.54 Å². The van der Waals surface area contributed by atoms with Gasteiger partial charge in [-0.15, -0.1) is 0 Å². The molecule has 1 aliphatic heterocycles. The van der Waals surface area contributed by atoms with Crippen molar-refractivity contribution in [3.63, 3.8) is 0 Å². The molecule has 41 heavy (non-hydrogen) atoms. The molecule has 3 heterocycles. The van der Waals surface area contributed by atoms with Gasteiger partial charge in [-0.05, 0) is 64.7 Å². The maximum atomic E-state index is 5.24. The Labute approximate surface area is 237 Å². The Hall–Kier alpha value is -5.41. The lowest BCUT2D eigenvalue weighted by atomic mass is 9.92. The van der Waals surface area contributed by atoms with Gasteiger partial charge in [0.15, 0.2) is 0 Å². The number of fused-ring (bicyclic) bond motifs is 5. The third-order valence-electron chi connectivity index (χ3n) is 8.53. The van der Waals surface area contributed by atoms with Crippen LogP contribution in [-0.4, -0.2) is 14.1 Å². The molecule has 3 nitrogen and oxygen atoms in total. The summed E-state index contributed by atoms with van der Waals surface area (Å²) in [4.78, 5) is 5.24. The Balaban J connectivity index is 1.31. The average Bonchev–Trinajstić information content (AvgIpc) is 3.58. The van der Waals surface area contributed by atoms with Crippen LogP contribution < -0.4 is 0 Å². The molecule has 9 rings (SSSR count). The van der Waals surface area contributed by atoms with E-state index in [-0.39, 0.29) is 0 Å². The van der Waals surface area contributed by atoms with Crippen LogP contribution in [0, 0.1) is 0 Å². The van der Waals surface area contributed by atoms with Crippen LogP contribution in [0.4, 0.5) is 0 Å². The van der Waals surface area contributed by atoms with Gasteiger partial charge < -0.3 is 9.13 Å². The fourth-order valence-corrected chi connectivity index (χ4v) is 6.70. The van der Waals surface area contributed by atoms with Crippen LogP contribution in [0.1, 0.15) is 5.56 Å². The number of aromatic nitrogens is 3. The molecular weight excluding hydrogens is 498 g/mol. The van der Waals surface area contributed by atoms with Crippen LogP contribution in [-0.2, 0) is 6.54 Å². The highest BCUT2D eigenvalue weighted by Crippen LogP contribution is 2.42. The fourth-order valence-electron chi connectivity index (χ4n) is 6.70. The average molecular weight is 524 g/mol. The Morgan fingerprint density at radius 3 is 2.12 bits per heavy atom. The van der Waals surface area contributed by atoms with Gasteiger partial charge in [-0.3, -0.25) is 0 Å². The minimum atomic E-state index is 0.828. The summed E-state index contributed by atoms with van der Waals surface area (Å²) in [6.45, 7) is 0.828. The first-order valence-corrected chi connectivity index (χ1v) is 14.1. The molecule has 0 unspecified atom stereocenters. The second kappa shape index (κ2) is 8.54. The topological polar surface area (TPSA) is 22.8 Å². The first kappa shape index (κ1) is 22.4. The zero-order chi connectivity index (χ0) is 26.9. The molecular formula is C38H25N3. The van der Waals surface area contributed by atoms with E-state index in [1.54, 1.807) is 0 Å². The highest BCUT2D eigenvalue weighted by Gasteiger charge is 2.24. The highest BCUT2D eigenvalue weighted by molar-refractivity contribution is 6.11. The Bertz CT molecular complexity index is 2270. The molecule has 0 aliphatic carbocycles. The summed E-state index contributed by atoms with van der Waals surface area (Å²) < 4.78 is 4.76. The first-order chi connectivity index (χ1) is 20.3. The largest absolute Gasteiger partial charge is 0.319 e. The summed E-state index contributed by atoms with van der Waals surface area (Å²) in [6.07, 6.45) is 0. The summed E-state index contributed by atoms with van der Waals surface area (Å²) in [7, 11) is 0. The maximum absolute atomic E-state index is 5.24. The van der Waals surface area contributed by atoms with E-state index in [1.807, 2.05) is 0 Å². The predicted molar refractivity (Wildman–Crippen MR) is 169 cm³/mol. The number of imidazole rings is 1. The summed E-state index contributed by atoms with van der Waals surface area (Å²) in [5.41, 5.74) is 13.3. The van der Waals surface area contributed by atoms with Crippen LogP contribution in [0.15, 0.2) is 140 Å². The van der Waals surface area contributed by atoms with Crippen molar-refractivity contribution in [2.24, 2.45) is 0 Å². The smallest absolute Gasteiger partial charge is 0.141 e. The van der Waals surface area contributed by atoms with E-state index in [0.717, 1.165) is 23.4 Å². The molecule has 8 aromatic rings. The van der Waals surface area contributed by atoms with Crippen molar-refractivity contribution in [1.29, 1.82) is 0 Å². The van der Waals surface area contributed by atoms with Gasteiger partial charge >= 0.3 is 0 Å². The minimum Gasteiger partial charge on any atom is -0.319 e. The van der Waals surface area contributed by atoms with Gasteiger partial charge in [0, 0.05) is 27.6 Å². The normalized spacial score (nSPS) is 12.3. The molecule has 0 atom stereocenters. The molecule has 6 aromatic carbocycles. The molecule has 0 fully saturated rings. The Kier molecular flexibility index (Phi) is 4.67. The summed E-state index contributed by atoms with van der Waals surface area (Å²) in [6, 6.07) is 50.2. The van der Waals surface area contributed by atoms with Gasteiger partial charge in [0.05, 0.1) is 28.6 Å². The standard InChI is InChI=1S/C38H25N3/c1-3-11-25(12-4-1)38-39-34-23-28(22-33-30-16-8-7-13-27(30)24-40(38)37(33)34)26-19-20-36-32(21-26)31-17-9-10-18-35(31)41(36)29-14-5-2-6-15-29/h1-23H,24H2. The quantitative estimate of drug-likeness (QED) is 0.226. The number of benzene rings is 6. The number of para-hydroxylation sites is 2. The number of rotatable bonds is 3. The molecule has 0 amide bonds. The van der Waals surface area contributed by atoms with Gasteiger partial charge in [0.2, 0.25) is 0 Å². The van der Waals surface area contributed by atoms with Crippen LogP contribution in [0.25, 0.3) is 72.2 Å². The maximum Gasteiger partial charge on any atom is 0.141 e.